The summed E-state index contributed by atoms with van der Waals surface area (Å²) in [5, 5.41) is 2.80. The number of nitrogens with one attached hydrogen (secondary N) is 3. The topological polar surface area (TPSA) is 117 Å². The number of nitrogens with zero attached hydrogens (tertiary/aromatic N) is 2. The summed E-state index contributed by atoms with van der Waals surface area (Å²) in [7, 11) is 0. The van der Waals surface area contributed by atoms with Crippen molar-refractivity contribution in [3.63, 3.8) is 0 Å². The van der Waals surface area contributed by atoms with E-state index in [4.69, 9.17) is 4.42 Å². The van der Waals surface area contributed by atoms with Gasteiger partial charge >= 0.3 is 0 Å². The first-order valence-electron chi connectivity index (χ1n) is 8.39. The van der Waals surface area contributed by atoms with Gasteiger partial charge in [0.2, 0.25) is 5.91 Å². The third-order valence-corrected chi connectivity index (χ3v) is 4.20. The number of rotatable bonds is 4. The molecule has 27 heavy (non-hydrogen) atoms. The van der Waals surface area contributed by atoms with Crippen LogP contribution >= 0.6 is 0 Å². The standard InChI is InChI=1S/C19H17N5O3/c1-10-13(19(26)21-11(2)20-10)9-17(25)22-12-5-6-14-15(8-12)24-18(23-14)16-4-3-7-27-16/h3-8H,9H2,1-2H3,(H,22,25)(H,23,24)(H,20,21,26). The number of hydrogen-bond acceptors (Lipinski definition) is 5. The largest absolute Gasteiger partial charge is 0.461 e. The number of fused-ring (bicyclic) bond motifs is 1. The average Bonchev–Trinajstić information content (AvgIpc) is 3.26. The Morgan fingerprint density at radius 1 is 1.19 bits per heavy atom. The van der Waals surface area contributed by atoms with Crippen LogP contribution in [0.2, 0.25) is 0 Å². The molecule has 0 unspecified atom stereocenters. The highest BCUT2D eigenvalue weighted by Crippen LogP contribution is 2.23. The lowest BCUT2D eigenvalue weighted by molar-refractivity contribution is -0.115. The molecule has 0 saturated heterocycles. The molecule has 0 bridgehead atoms. The molecule has 0 spiro atoms. The average molecular weight is 363 g/mol. The van der Waals surface area contributed by atoms with Crippen LogP contribution in [-0.4, -0.2) is 25.8 Å². The van der Waals surface area contributed by atoms with E-state index in [-0.39, 0.29) is 17.9 Å². The monoisotopic (exact) mass is 363 g/mol. The Balaban J connectivity index is 1.55. The molecule has 8 nitrogen and oxygen atoms in total. The summed E-state index contributed by atoms with van der Waals surface area (Å²) >= 11 is 0. The van der Waals surface area contributed by atoms with Gasteiger partial charge in [-0.1, -0.05) is 0 Å². The Morgan fingerprint density at radius 3 is 2.78 bits per heavy atom. The quantitative estimate of drug-likeness (QED) is 0.515. The second-order valence-corrected chi connectivity index (χ2v) is 6.23. The first kappa shape index (κ1) is 16.8. The molecule has 136 valence electrons. The van der Waals surface area contributed by atoms with Gasteiger partial charge < -0.3 is 19.7 Å². The van der Waals surface area contributed by atoms with Crippen LogP contribution in [0.4, 0.5) is 5.69 Å². The molecule has 0 radical (unpaired) electrons. The minimum absolute atomic E-state index is 0.0485. The zero-order valence-electron chi connectivity index (χ0n) is 14.8. The van der Waals surface area contributed by atoms with Gasteiger partial charge in [0.15, 0.2) is 11.6 Å². The van der Waals surface area contributed by atoms with Crippen LogP contribution in [0.5, 0.6) is 0 Å². The minimum Gasteiger partial charge on any atom is -0.461 e. The van der Waals surface area contributed by atoms with Gasteiger partial charge in [-0.2, -0.15) is 0 Å². The number of furan rings is 1. The van der Waals surface area contributed by atoms with Crippen molar-refractivity contribution in [1.82, 2.24) is 19.9 Å². The van der Waals surface area contributed by atoms with E-state index in [1.165, 1.54) is 0 Å². The van der Waals surface area contributed by atoms with Crippen molar-refractivity contribution >= 4 is 22.6 Å². The number of anilines is 1. The van der Waals surface area contributed by atoms with Crippen molar-refractivity contribution in [3.05, 3.63) is 64.0 Å². The Morgan fingerprint density at radius 2 is 2.04 bits per heavy atom. The molecule has 3 heterocycles. The number of aromatic nitrogens is 4. The van der Waals surface area contributed by atoms with E-state index in [0.29, 0.717) is 34.4 Å². The van der Waals surface area contributed by atoms with E-state index >= 15 is 0 Å². The van der Waals surface area contributed by atoms with Crippen molar-refractivity contribution in [1.29, 1.82) is 0 Å². The molecule has 0 atom stereocenters. The zero-order chi connectivity index (χ0) is 19.0. The first-order chi connectivity index (χ1) is 13.0. The molecule has 0 saturated carbocycles. The molecule has 8 heteroatoms. The Labute approximate surface area is 153 Å². The second kappa shape index (κ2) is 6.56. The van der Waals surface area contributed by atoms with E-state index in [0.717, 1.165) is 11.0 Å². The molecule has 3 aromatic heterocycles. The fourth-order valence-electron chi connectivity index (χ4n) is 2.94. The van der Waals surface area contributed by atoms with Gasteiger partial charge in [-0.3, -0.25) is 9.59 Å². The summed E-state index contributed by atoms with van der Waals surface area (Å²) in [5.74, 6) is 1.49. The van der Waals surface area contributed by atoms with Gasteiger partial charge in [-0.05, 0) is 44.2 Å². The lowest BCUT2D eigenvalue weighted by atomic mass is 10.1. The molecule has 3 N–H and O–H groups in total. The van der Waals surface area contributed by atoms with Crippen molar-refractivity contribution < 1.29 is 9.21 Å². The molecule has 4 aromatic rings. The Kier molecular flexibility index (Phi) is 4.08. The molecule has 0 fully saturated rings. The Bertz CT molecular complexity index is 1190. The molecular formula is C19H17N5O3. The van der Waals surface area contributed by atoms with Crippen LogP contribution in [0, 0.1) is 13.8 Å². The predicted molar refractivity (Wildman–Crippen MR) is 100 cm³/mol. The molecule has 4 rings (SSSR count). The van der Waals surface area contributed by atoms with Gasteiger partial charge in [-0.25, -0.2) is 9.97 Å². The SMILES string of the molecule is Cc1nc(C)c(CC(=O)Nc2ccc3nc(-c4ccco4)[nH]c3c2)c(=O)[nH]1. The van der Waals surface area contributed by atoms with E-state index in [2.05, 4.69) is 25.3 Å². The van der Waals surface area contributed by atoms with Gasteiger partial charge in [0.1, 0.15) is 5.82 Å². The lowest BCUT2D eigenvalue weighted by Crippen LogP contribution is -2.24. The van der Waals surface area contributed by atoms with Gasteiger partial charge in [0, 0.05) is 16.9 Å². The zero-order valence-corrected chi connectivity index (χ0v) is 14.8. The van der Waals surface area contributed by atoms with Crippen molar-refractivity contribution in [2.45, 2.75) is 20.3 Å². The van der Waals surface area contributed by atoms with Crippen LogP contribution in [0.25, 0.3) is 22.6 Å². The maximum absolute atomic E-state index is 12.4. The number of amides is 1. The number of carbonyl (C=O) groups is 1. The van der Waals surface area contributed by atoms with Gasteiger partial charge in [-0.15, -0.1) is 0 Å². The highest BCUT2D eigenvalue weighted by atomic mass is 16.3. The summed E-state index contributed by atoms with van der Waals surface area (Å²) in [5.41, 5.74) is 2.76. The fraction of sp³-hybridized carbons (Fsp3) is 0.158. The summed E-state index contributed by atoms with van der Waals surface area (Å²) in [6, 6.07) is 8.96. The number of hydrogen-bond donors (Lipinski definition) is 3. The maximum atomic E-state index is 12.4. The van der Waals surface area contributed by atoms with E-state index in [9.17, 15) is 9.59 Å². The van der Waals surface area contributed by atoms with E-state index < -0.39 is 0 Å². The van der Waals surface area contributed by atoms with Gasteiger partial charge in [0.05, 0.1) is 23.7 Å². The van der Waals surface area contributed by atoms with Crippen LogP contribution in [-0.2, 0) is 11.2 Å². The molecule has 1 aromatic carbocycles. The number of imidazole rings is 1. The summed E-state index contributed by atoms with van der Waals surface area (Å²) in [4.78, 5) is 38.9. The van der Waals surface area contributed by atoms with Crippen LogP contribution in [0.1, 0.15) is 17.1 Å². The van der Waals surface area contributed by atoms with Crippen LogP contribution in [0.3, 0.4) is 0 Å². The smallest absolute Gasteiger partial charge is 0.254 e. The van der Waals surface area contributed by atoms with Crippen molar-refractivity contribution in [2.75, 3.05) is 5.32 Å². The Hall–Kier alpha value is -3.68. The fourth-order valence-corrected chi connectivity index (χ4v) is 2.94. The minimum atomic E-state index is -0.292. The predicted octanol–water partition coefficient (Wildman–Crippen LogP) is 2.70. The molecular weight excluding hydrogens is 346 g/mol. The molecule has 0 aliphatic carbocycles. The van der Waals surface area contributed by atoms with Gasteiger partial charge in [0.25, 0.3) is 5.56 Å². The molecule has 0 aliphatic heterocycles. The van der Waals surface area contributed by atoms with Crippen LogP contribution < -0.4 is 10.9 Å². The van der Waals surface area contributed by atoms with Crippen LogP contribution in [0.15, 0.2) is 45.8 Å². The first-order valence-corrected chi connectivity index (χ1v) is 8.39. The third kappa shape index (κ3) is 3.37. The number of carbonyl (C=O) groups excluding carboxylic acids is 1. The number of aryl methyl sites for hydroxylation is 2. The maximum Gasteiger partial charge on any atom is 0.254 e. The molecule has 1 amide bonds. The second-order valence-electron chi connectivity index (χ2n) is 6.23. The summed E-state index contributed by atoms with van der Waals surface area (Å²) < 4.78 is 5.34. The number of benzene rings is 1. The highest BCUT2D eigenvalue weighted by molar-refractivity contribution is 5.94. The van der Waals surface area contributed by atoms with Crippen molar-refractivity contribution in [2.24, 2.45) is 0 Å². The lowest BCUT2D eigenvalue weighted by Gasteiger charge is -2.07. The van der Waals surface area contributed by atoms with E-state index in [1.807, 2.05) is 6.07 Å². The van der Waals surface area contributed by atoms with E-state index in [1.54, 1.807) is 44.4 Å². The molecule has 0 aliphatic rings. The number of H-pyrrole nitrogens is 2. The normalized spacial score (nSPS) is 11.0. The number of aromatic amines is 2. The third-order valence-electron chi connectivity index (χ3n) is 4.20. The summed E-state index contributed by atoms with van der Waals surface area (Å²) in [6.45, 7) is 3.42. The highest BCUT2D eigenvalue weighted by Gasteiger charge is 2.13. The summed E-state index contributed by atoms with van der Waals surface area (Å²) in [6.07, 6.45) is 1.53. The van der Waals surface area contributed by atoms with Crippen molar-refractivity contribution in [3.8, 4) is 11.6 Å².